The number of hydrogen-bond donors (Lipinski definition) is 1. The highest BCUT2D eigenvalue weighted by molar-refractivity contribution is 14.1. The summed E-state index contributed by atoms with van der Waals surface area (Å²) in [5.74, 6) is -1.33. The smallest absolute Gasteiger partial charge is 0.326 e. The van der Waals surface area contributed by atoms with E-state index in [1.165, 1.54) is 0 Å². The number of fused-ring (bicyclic) bond motifs is 2. The number of epoxide rings is 1. The number of nitrogens with two attached hydrogens (primary N) is 1. The second-order valence-electron chi connectivity index (χ2n) is 6.73. The van der Waals surface area contributed by atoms with E-state index in [4.69, 9.17) is 20.0 Å². The van der Waals surface area contributed by atoms with Crippen LogP contribution >= 0.6 is 22.6 Å². The Morgan fingerprint density at radius 3 is 2.92 bits per heavy atom. The van der Waals surface area contributed by atoms with Gasteiger partial charge in [0.15, 0.2) is 5.60 Å². The average molecular weight is 442 g/mol. The van der Waals surface area contributed by atoms with Gasteiger partial charge in [-0.2, -0.15) is 5.06 Å². The van der Waals surface area contributed by atoms with Gasteiger partial charge in [-0.05, 0) is 34.2 Å². The molecule has 1 aromatic rings. The number of primary amides is 1. The lowest BCUT2D eigenvalue weighted by Crippen LogP contribution is -2.57. The fourth-order valence-electron chi connectivity index (χ4n) is 4.34. The number of carbonyl (C=O) groups excluding carboxylic acids is 2. The maximum absolute atomic E-state index is 12.5. The molecule has 0 unspecified atom stereocenters. The highest BCUT2D eigenvalue weighted by atomic mass is 127. The number of hydrogen-bond acceptors (Lipinski definition) is 6. The first kappa shape index (κ1) is 15.1. The summed E-state index contributed by atoms with van der Waals surface area (Å²) in [6, 6.07) is 7.22. The van der Waals surface area contributed by atoms with Crippen molar-refractivity contribution in [1.29, 1.82) is 0 Å². The molecule has 2 N–H and O–H groups in total. The highest BCUT2D eigenvalue weighted by Gasteiger charge is 2.76. The second-order valence-corrected chi connectivity index (χ2v) is 7.89. The zero-order valence-corrected chi connectivity index (χ0v) is 14.7. The zero-order valence-electron chi connectivity index (χ0n) is 12.6. The summed E-state index contributed by atoms with van der Waals surface area (Å²) in [6.45, 7) is 0.396. The molecule has 0 bridgehead atoms. The summed E-state index contributed by atoms with van der Waals surface area (Å²) in [5, 5.41) is 1.58. The molecular formula is C16H15IN2O5. The highest BCUT2D eigenvalue weighted by Crippen LogP contribution is 2.57. The van der Waals surface area contributed by atoms with E-state index < -0.39 is 29.6 Å². The molecule has 1 saturated carbocycles. The van der Waals surface area contributed by atoms with Gasteiger partial charge in [0.25, 0.3) is 5.91 Å². The third-order valence-corrected chi connectivity index (χ3v) is 6.52. The molecule has 6 atom stereocenters. The third kappa shape index (κ3) is 1.88. The second kappa shape index (κ2) is 4.90. The lowest BCUT2D eigenvalue weighted by atomic mass is 9.72. The molecule has 0 spiro atoms. The predicted octanol–water partition coefficient (Wildman–Crippen LogP) is 0.344. The minimum atomic E-state index is -1.22. The van der Waals surface area contributed by atoms with E-state index in [1.54, 1.807) is 5.06 Å². The van der Waals surface area contributed by atoms with Gasteiger partial charge in [-0.1, -0.05) is 18.2 Å². The number of benzene rings is 1. The topological polar surface area (TPSA) is 94.4 Å². The van der Waals surface area contributed by atoms with Crippen LogP contribution in [0, 0.1) is 9.49 Å². The van der Waals surface area contributed by atoms with Crippen LogP contribution in [0.5, 0.6) is 0 Å². The van der Waals surface area contributed by atoms with Crippen LogP contribution in [-0.2, 0) is 30.4 Å². The summed E-state index contributed by atoms with van der Waals surface area (Å²) in [7, 11) is 0. The first-order valence-corrected chi connectivity index (χ1v) is 8.94. The Balaban J connectivity index is 1.54. The van der Waals surface area contributed by atoms with E-state index in [0.29, 0.717) is 13.0 Å². The van der Waals surface area contributed by atoms with Crippen LogP contribution in [0.2, 0.25) is 0 Å². The van der Waals surface area contributed by atoms with Gasteiger partial charge in [-0.15, -0.1) is 0 Å². The van der Waals surface area contributed by atoms with E-state index in [9.17, 15) is 9.59 Å². The van der Waals surface area contributed by atoms with Gasteiger partial charge >= 0.3 is 5.97 Å². The number of rotatable bonds is 3. The number of amides is 1. The van der Waals surface area contributed by atoms with E-state index >= 15 is 0 Å². The van der Waals surface area contributed by atoms with Crippen LogP contribution in [-0.4, -0.2) is 46.9 Å². The first-order valence-electron chi connectivity index (χ1n) is 7.86. The molecule has 0 aromatic heterocycles. The summed E-state index contributed by atoms with van der Waals surface area (Å²) < 4.78 is 12.2. The molecule has 3 heterocycles. The van der Waals surface area contributed by atoms with Crippen molar-refractivity contribution in [3.8, 4) is 0 Å². The predicted molar refractivity (Wildman–Crippen MR) is 88.1 cm³/mol. The van der Waals surface area contributed by atoms with Crippen molar-refractivity contribution >= 4 is 34.5 Å². The number of hydroxylamine groups is 2. The SMILES string of the molecule is NC(=O)[C@]12C[C@@H]3O[C@@H]3[C@H]3OC(=O)[C@H]([C@H]31)N(Cc1ccccc1I)O2. The van der Waals surface area contributed by atoms with Gasteiger partial charge in [0.1, 0.15) is 18.2 Å². The summed E-state index contributed by atoms with van der Waals surface area (Å²) in [5.41, 5.74) is 5.49. The molecule has 4 aliphatic rings. The minimum Gasteiger partial charge on any atom is -0.458 e. The summed E-state index contributed by atoms with van der Waals surface area (Å²) in [6.07, 6.45) is -0.323. The summed E-state index contributed by atoms with van der Waals surface area (Å²) >= 11 is 2.24. The van der Waals surface area contributed by atoms with Crippen molar-refractivity contribution in [2.45, 2.75) is 42.9 Å². The normalized spacial score (nSPS) is 42.4. The average Bonchev–Trinajstić information content (AvgIpc) is 3.10. The van der Waals surface area contributed by atoms with Gasteiger partial charge in [0.2, 0.25) is 0 Å². The molecule has 1 amide bonds. The minimum absolute atomic E-state index is 0.123. The zero-order chi connectivity index (χ0) is 16.6. The molecule has 5 rings (SSSR count). The molecule has 3 aliphatic heterocycles. The van der Waals surface area contributed by atoms with Crippen LogP contribution < -0.4 is 5.73 Å². The lowest BCUT2D eigenvalue weighted by molar-refractivity contribution is -0.227. The van der Waals surface area contributed by atoms with Crippen molar-refractivity contribution in [3.05, 3.63) is 33.4 Å². The maximum atomic E-state index is 12.5. The Morgan fingerprint density at radius 1 is 1.38 bits per heavy atom. The largest absolute Gasteiger partial charge is 0.458 e. The van der Waals surface area contributed by atoms with Gasteiger partial charge in [0, 0.05) is 9.99 Å². The number of esters is 1. The molecule has 3 saturated heterocycles. The van der Waals surface area contributed by atoms with Crippen molar-refractivity contribution < 1.29 is 23.9 Å². The van der Waals surface area contributed by atoms with E-state index in [-0.39, 0.29) is 18.2 Å². The number of ether oxygens (including phenoxy) is 2. The summed E-state index contributed by atoms with van der Waals surface area (Å²) in [4.78, 5) is 30.8. The van der Waals surface area contributed by atoms with Crippen LogP contribution in [0.3, 0.4) is 0 Å². The monoisotopic (exact) mass is 442 g/mol. The van der Waals surface area contributed by atoms with Crippen molar-refractivity contribution in [2.24, 2.45) is 11.7 Å². The molecule has 1 aromatic carbocycles. The Hall–Kier alpha value is -1.23. The Kier molecular flexibility index (Phi) is 3.08. The van der Waals surface area contributed by atoms with Crippen molar-refractivity contribution in [3.63, 3.8) is 0 Å². The van der Waals surface area contributed by atoms with Crippen molar-refractivity contribution in [1.82, 2.24) is 5.06 Å². The number of nitrogens with zero attached hydrogens (tertiary/aromatic N) is 1. The molecule has 4 fully saturated rings. The molecular weight excluding hydrogens is 427 g/mol. The Morgan fingerprint density at radius 2 is 2.17 bits per heavy atom. The number of carbonyl (C=O) groups is 2. The van der Waals surface area contributed by atoms with Crippen LogP contribution in [0.1, 0.15) is 12.0 Å². The number of halogens is 1. The maximum Gasteiger partial charge on any atom is 0.326 e. The van der Waals surface area contributed by atoms with E-state index in [2.05, 4.69) is 22.6 Å². The van der Waals surface area contributed by atoms with Gasteiger partial charge in [-0.25, -0.2) is 0 Å². The van der Waals surface area contributed by atoms with Crippen LogP contribution in [0.25, 0.3) is 0 Å². The van der Waals surface area contributed by atoms with Crippen molar-refractivity contribution in [2.75, 3.05) is 0 Å². The molecule has 126 valence electrons. The fourth-order valence-corrected chi connectivity index (χ4v) is 4.89. The van der Waals surface area contributed by atoms with Crippen LogP contribution in [0.4, 0.5) is 0 Å². The van der Waals surface area contributed by atoms with E-state index in [1.807, 2.05) is 24.3 Å². The Labute approximate surface area is 151 Å². The lowest BCUT2D eigenvalue weighted by Gasteiger charge is -2.34. The first-order chi connectivity index (χ1) is 11.5. The quantitative estimate of drug-likeness (QED) is 0.413. The van der Waals surface area contributed by atoms with E-state index in [0.717, 1.165) is 9.13 Å². The third-order valence-electron chi connectivity index (χ3n) is 5.47. The molecule has 7 nitrogen and oxygen atoms in total. The van der Waals surface area contributed by atoms with Gasteiger partial charge < -0.3 is 15.2 Å². The van der Waals surface area contributed by atoms with Gasteiger partial charge in [0.05, 0.1) is 18.6 Å². The molecule has 24 heavy (non-hydrogen) atoms. The molecule has 0 radical (unpaired) electrons. The van der Waals surface area contributed by atoms with Gasteiger partial charge in [-0.3, -0.25) is 14.4 Å². The standard InChI is InChI=1S/C16H15IN2O5/c17-8-4-2-1-3-7(8)6-19-11-10-13(23-14(11)20)12-9(22-12)5-16(10,24-19)15(18)21/h1-4,9-13H,5-6H2,(H2,18,21)/t9-,10+,11-,12-,13-,16-/m0/s1. The van der Waals surface area contributed by atoms with Crippen LogP contribution in [0.15, 0.2) is 24.3 Å². The Bertz CT molecular complexity index is 758. The molecule has 1 aliphatic carbocycles. The molecule has 8 heteroatoms. The fraction of sp³-hybridized carbons (Fsp3) is 0.500.